The van der Waals surface area contributed by atoms with Crippen molar-refractivity contribution in [2.75, 3.05) is 13.2 Å². The lowest BCUT2D eigenvalue weighted by Crippen LogP contribution is -2.26. The van der Waals surface area contributed by atoms with Crippen LogP contribution in [0.2, 0.25) is 0 Å². The average molecular weight is 454 g/mol. The molecule has 10 nitrogen and oxygen atoms in total. The molecule has 0 aliphatic rings. The maximum atomic E-state index is 12.8. The highest BCUT2D eigenvalue weighted by atomic mass is 16.5. The smallest absolute Gasteiger partial charge is 0.354 e. The molecule has 0 fully saturated rings. The summed E-state index contributed by atoms with van der Waals surface area (Å²) in [4.78, 5) is 32.3. The zero-order valence-corrected chi connectivity index (χ0v) is 18.6. The molecule has 3 aromatic rings. The van der Waals surface area contributed by atoms with Crippen LogP contribution in [0.15, 0.2) is 40.8 Å². The van der Waals surface area contributed by atoms with Crippen molar-refractivity contribution in [3.63, 3.8) is 0 Å². The van der Waals surface area contributed by atoms with Crippen molar-refractivity contribution in [2.24, 2.45) is 5.73 Å². The monoisotopic (exact) mass is 454 g/mol. The second-order valence-corrected chi connectivity index (χ2v) is 7.05. The third kappa shape index (κ3) is 5.66. The summed E-state index contributed by atoms with van der Waals surface area (Å²) in [6, 6.07) is 9.19. The topological polar surface area (TPSA) is 150 Å². The van der Waals surface area contributed by atoms with Gasteiger partial charge in [-0.15, -0.1) is 0 Å². The Balaban J connectivity index is 1.86. The molecule has 0 radical (unpaired) electrons. The van der Waals surface area contributed by atoms with Gasteiger partial charge in [0.2, 0.25) is 5.89 Å². The van der Waals surface area contributed by atoms with E-state index in [0.717, 1.165) is 0 Å². The van der Waals surface area contributed by atoms with Crippen molar-refractivity contribution >= 4 is 11.9 Å². The van der Waals surface area contributed by atoms with Gasteiger partial charge in [0.15, 0.2) is 23.0 Å². The van der Waals surface area contributed by atoms with Gasteiger partial charge in [0.05, 0.1) is 31.5 Å². The lowest BCUT2D eigenvalue weighted by atomic mass is 10.2. The minimum atomic E-state index is -1.15. The minimum absolute atomic E-state index is 0.0120. The fourth-order valence-corrected chi connectivity index (χ4v) is 3.06. The van der Waals surface area contributed by atoms with Crippen LogP contribution in [0.3, 0.4) is 0 Å². The summed E-state index contributed by atoms with van der Waals surface area (Å²) in [7, 11) is 0. The van der Waals surface area contributed by atoms with Crippen LogP contribution in [0.4, 0.5) is 0 Å². The second-order valence-electron chi connectivity index (χ2n) is 7.05. The zero-order valence-electron chi connectivity index (χ0n) is 18.6. The van der Waals surface area contributed by atoms with E-state index in [1.54, 1.807) is 37.3 Å². The number of benzene rings is 1. The van der Waals surface area contributed by atoms with E-state index in [0.29, 0.717) is 36.0 Å². The molecule has 2 heterocycles. The molecule has 0 unspecified atom stereocenters. The van der Waals surface area contributed by atoms with Crippen LogP contribution in [-0.2, 0) is 6.54 Å². The van der Waals surface area contributed by atoms with Crippen molar-refractivity contribution < 1.29 is 28.6 Å². The molecular weight excluding hydrogens is 428 g/mol. The van der Waals surface area contributed by atoms with Crippen molar-refractivity contribution in [1.82, 2.24) is 15.3 Å². The Labute approximate surface area is 190 Å². The number of carbonyl (C=O) groups excluding carboxylic acids is 1. The summed E-state index contributed by atoms with van der Waals surface area (Å²) in [5.41, 5.74) is 6.93. The summed E-state index contributed by atoms with van der Waals surface area (Å²) in [5, 5.41) is 11.8. The van der Waals surface area contributed by atoms with Gasteiger partial charge in [0, 0.05) is 5.56 Å². The van der Waals surface area contributed by atoms with E-state index in [4.69, 9.17) is 24.7 Å². The van der Waals surface area contributed by atoms with Crippen molar-refractivity contribution in [3.8, 4) is 23.0 Å². The number of ether oxygens (including phenoxy) is 2. The van der Waals surface area contributed by atoms with E-state index >= 15 is 0 Å². The molecule has 4 N–H and O–H groups in total. The number of nitrogens with zero attached hydrogens (tertiary/aromatic N) is 2. The first-order chi connectivity index (χ1) is 15.8. The molecular formula is C23H26N4O6. The third-order valence-electron chi connectivity index (χ3n) is 4.53. The Morgan fingerprint density at radius 2 is 1.85 bits per heavy atom. The molecule has 1 atom stereocenters. The number of carboxylic acid groups (broad SMARTS) is 1. The van der Waals surface area contributed by atoms with Crippen LogP contribution >= 0.6 is 0 Å². The van der Waals surface area contributed by atoms with Gasteiger partial charge in [-0.2, -0.15) is 0 Å². The van der Waals surface area contributed by atoms with Gasteiger partial charge >= 0.3 is 5.97 Å². The number of carbonyl (C=O) groups is 2. The Hall–Kier alpha value is -3.92. The normalized spacial score (nSPS) is 11.6. The molecule has 1 amide bonds. The Morgan fingerprint density at radius 3 is 2.52 bits per heavy atom. The predicted molar refractivity (Wildman–Crippen MR) is 119 cm³/mol. The first-order valence-electron chi connectivity index (χ1n) is 10.5. The number of amides is 1. The highest BCUT2D eigenvalue weighted by molar-refractivity contribution is 5.94. The molecule has 3 rings (SSSR count). The summed E-state index contributed by atoms with van der Waals surface area (Å²) in [5.74, 6) is -0.103. The van der Waals surface area contributed by atoms with Crippen LogP contribution in [0.5, 0.6) is 11.5 Å². The lowest BCUT2D eigenvalue weighted by Gasteiger charge is -2.11. The van der Waals surface area contributed by atoms with Crippen molar-refractivity contribution in [2.45, 2.75) is 33.4 Å². The highest BCUT2D eigenvalue weighted by Gasteiger charge is 2.24. The fraction of sp³-hybridized carbons (Fsp3) is 0.304. The maximum absolute atomic E-state index is 12.8. The summed E-state index contributed by atoms with van der Waals surface area (Å²) in [6.45, 7) is 6.38. The molecule has 1 aromatic carbocycles. The van der Waals surface area contributed by atoms with Crippen LogP contribution < -0.4 is 20.5 Å². The van der Waals surface area contributed by atoms with E-state index < -0.39 is 17.9 Å². The number of oxazole rings is 1. The van der Waals surface area contributed by atoms with Crippen molar-refractivity contribution in [1.29, 1.82) is 0 Å². The first-order valence-corrected chi connectivity index (χ1v) is 10.5. The van der Waals surface area contributed by atoms with Gasteiger partial charge in [-0.05, 0) is 51.1 Å². The number of pyridine rings is 1. The molecule has 174 valence electrons. The van der Waals surface area contributed by atoms with Crippen LogP contribution in [-0.4, -0.2) is 40.2 Å². The highest BCUT2D eigenvalue weighted by Crippen LogP contribution is 2.34. The number of hydrogen-bond acceptors (Lipinski definition) is 8. The van der Waals surface area contributed by atoms with Gasteiger partial charge in [0.1, 0.15) is 5.69 Å². The van der Waals surface area contributed by atoms with Gasteiger partial charge < -0.3 is 30.0 Å². The summed E-state index contributed by atoms with van der Waals surface area (Å²) < 4.78 is 17.1. The SMILES string of the molecule is CCOc1ccc(-c2nc(C(=O)NCc3cccc(C(=O)O)n3)c([C@H](C)N)o2)cc1OCC. The van der Waals surface area contributed by atoms with Gasteiger partial charge in [-0.25, -0.2) is 14.8 Å². The summed E-state index contributed by atoms with van der Waals surface area (Å²) in [6.07, 6.45) is 0. The van der Waals surface area contributed by atoms with Crippen molar-refractivity contribution in [3.05, 3.63) is 59.2 Å². The molecule has 0 spiro atoms. The quantitative estimate of drug-likeness (QED) is 0.420. The number of rotatable bonds is 10. The second kappa shape index (κ2) is 10.6. The summed E-state index contributed by atoms with van der Waals surface area (Å²) >= 11 is 0. The molecule has 0 aliphatic heterocycles. The Bertz CT molecular complexity index is 1140. The fourth-order valence-electron chi connectivity index (χ4n) is 3.06. The molecule has 0 aliphatic carbocycles. The molecule has 10 heteroatoms. The predicted octanol–water partition coefficient (Wildman–Crippen LogP) is 3.18. The zero-order chi connectivity index (χ0) is 24.0. The molecule has 0 bridgehead atoms. The number of nitrogens with one attached hydrogen (secondary N) is 1. The number of carboxylic acids is 1. The Morgan fingerprint density at radius 1 is 1.12 bits per heavy atom. The van der Waals surface area contributed by atoms with E-state index in [9.17, 15) is 9.59 Å². The Kier molecular flexibility index (Phi) is 7.62. The third-order valence-corrected chi connectivity index (χ3v) is 4.53. The minimum Gasteiger partial charge on any atom is -0.490 e. The van der Waals surface area contributed by atoms with Crippen LogP contribution in [0.1, 0.15) is 59.2 Å². The van der Waals surface area contributed by atoms with Gasteiger partial charge in [0.25, 0.3) is 5.91 Å². The lowest BCUT2D eigenvalue weighted by molar-refractivity contribution is 0.0690. The van der Waals surface area contributed by atoms with Gasteiger partial charge in [-0.1, -0.05) is 6.07 Å². The first kappa shape index (κ1) is 23.7. The number of nitrogens with two attached hydrogens (primary N) is 1. The van der Waals surface area contributed by atoms with Crippen LogP contribution in [0.25, 0.3) is 11.5 Å². The van der Waals surface area contributed by atoms with E-state index in [-0.39, 0.29) is 29.6 Å². The molecule has 0 saturated carbocycles. The number of aromatic carboxylic acids is 1. The standard InChI is InChI=1S/C23H26N4O6/c1-4-31-17-10-9-14(11-18(17)32-5-2)22-27-19(20(33-22)13(3)24)21(28)25-12-15-7-6-8-16(26-15)23(29)30/h6-11,13H,4-5,12,24H2,1-3H3,(H,25,28)(H,29,30)/t13-/m0/s1. The number of aromatic nitrogens is 2. The van der Waals surface area contributed by atoms with E-state index in [1.165, 1.54) is 6.07 Å². The molecule has 2 aromatic heterocycles. The molecule has 0 saturated heterocycles. The van der Waals surface area contributed by atoms with Gasteiger partial charge in [-0.3, -0.25) is 4.79 Å². The average Bonchev–Trinajstić information content (AvgIpc) is 3.25. The largest absolute Gasteiger partial charge is 0.490 e. The molecule has 33 heavy (non-hydrogen) atoms. The van der Waals surface area contributed by atoms with E-state index in [2.05, 4.69) is 15.3 Å². The maximum Gasteiger partial charge on any atom is 0.354 e. The van der Waals surface area contributed by atoms with Crippen LogP contribution in [0, 0.1) is 0 Å². The number of hydrogen-bond donors (Lipinski definition) is 3. The van der Waals surface area contributed by atoms with E-state index in [1.807, 2.05) is 13.8 Å².